The maximum Gasteiger partial charge on any atom is 0.143 e. The molecule has 0 aliphatic heterocycles. The molecule has 0 radical (unpaired) electrons. The molecule has 0 fully saturated rings. The number of furan rings is 1. The van der Waals surface area contributed by atoms with Crippen LogP contribution in [0.25, 0.3) is 87.9 Å². The molecule has 9 aromatic rings. The van der Waals surface area contributed by atoms with Crippen molar-refractivity contribution in [1.29, 1.82) is 0 Å². The highest BCUT2D eigenvalue weighted by atomic mass is 16.3. The van der Waals surface area contributed by atoms with Crippen LogP contribution < -0.4 is 0 Å². The van der Waals surface area contributed by atoms with Crippen LogP contribution in [0.1, 0.15) is 16.7 Å². The van der Waals surface area contributed by atoms with Gasteiger partial charge in [-0.1, -0.05) is 109 Å². The highest BCUT2D eigenvalue weighted by Gasteiger charge is 2.18. The summed E-state index contributed by atoms with van der Waals surface area (Å²) in [5, 5.41) is 6.87. The van der Waals surface area contributed by atoms with E-state index in [-0.39, 0.29) is 0 Å². The quantitative estimate of drug-likeness (QED) is 0.192. The van der Waals surface area contributed by atoms with Gasteiger partial charge in [-0.15, -0.1) is 0 Å². The lowest BCUT2D eigenvalue weighted by Gasteiger charge is -2.12. The van der Waals surface area contributed by atoms with Crippen molar-refractivity contribution in [3.63, 3.8) is 0 Å². The number of para-hydroxylation sites is 2. The van der Waals surface area contributed by atoms with Gasteiger partial charge in [-0.25, -0.2) is 0 Å². The largest absolute Gasteiger partial charge is 0.455 e. The highest BCUT2D eigenvalue weighted by Crippen LogP contribution is 2.42. The zero-order valence-corrected chi connectivity index (χ0v) is 25.9. The molecule has 7 aromatic carbocycles. The first-order valence-corrected chi connectivity index (χ1v) is 15.7. The molecule has 2 heterocycles. The molecule has 3 heteroatoms. The zero-order valence-electron chi connectivity index (χ0n) is 25.9. The summed E-state index contributed by atoms with van der Waals surface area (Å²) < 4.78 is 6.84. The number of hydrogen-bond acceptors (Lipinski definition) is 3. The van der Waals surface area contributed by atoms with Gasteiger partial charge < -0.3 is 4.42 Å². The molecular weight excluding hydrogens is 560 g/mol. The zero-order chi connectivity index (χ0) is 30.9. The Morgan fingerprint density at radius 1 is 0.435 bits per heavy atom. The maximum atomic E-state index is 6.84. The number of nitrogens with zero attached hydrogens (tertiary/aromatic N) is 2. The topological polar surface area (TPSA) is 38.9 Å². The maximum absolute atomic E-state index is 6.84. The Morgan fingerprint density at radius 3 is 1.74 bits per heavy atom. The molecule has 0 bridgehead atoms. The Kier molecular flexibility index (Phi) is 5.85. The molecule has 0 atom stereocenters. The normalized spacial score (nSPS) is 11.8. The summed E-state index contributed by atoms with van der Waals surface area (Å²) in [6.45, 7) is 6.54. The van der Waals surface area contributed by atoms with Gasteiger partial charge in [0.25, 0.3) is 0 Å². The van der Waals surface area contributed by atoms with Crippen LogP contribution in [0.5, 0.6) is 0 Å². The van der Waals surface area contributed by atoms with Crippen LogP contribution in [-0.4, -0.2) is 9.97 Å². The van der Waals surface area contributed by atoms with Gasteiger partial charge >= 0.3 is 0 Å². The minimum absolute atomic E-state index is 0.916. The molecular formula is C43H30N2O. The second-order valence-electron chi connectivity index (χ2n) is 12.4. The highest BCUT2D eigenvalue weighted by molar-refractivity contribution is 6.23. The van der Waals surface area contributed by atoms with Crippen molar-refractivity contribution in [2.45, 2.75) is 20.8 Å². The molecule has 0 aliphatic rings. The molecule has 0 unspecified atom stereocenters. The van der Waals surface area contributed by atoms with Gasteiger partial charge in [0.2, 0.25) is 0 Å². The number of hydrogen-bond donors (Lipinski definition) is 0. The fraction of sp³-hybridized carbons (Fsp3) is 0.0698. The van der Waals surface area contributed by atoms with Crippen molar-refractivity contribution in [1.82, 2.24) is 9.97 Å². The van der Waals surface area contributed by atoms with Gasteiger partial charge in [0.05, 0.1) is 11.0 Å². The van der Waals surface area contributed by atoms with Crippen LogP contribution in [0.3, 0.4) is 0 Å². The minimum atomic E-state index is 0.916. The number of fused-ring (bicyclic) bond motifs is 9. The third kappa shape index (κ3) is 3.98. The Labute approximate surface area is 266 Å². The van der Waals surface area contributed by atoms with E-state index in [4.69, 9.17) is 9.40 Å². The Hall–Kier alpha value is -5.80. The van der Waals surface area contributed by atoms with Crippen LogP contribution in [0.2, 0.25) is 0 Å². The second-order valence-corrected chi connectivity index (χ2v) is 12.4. The van der Waals surface area contributed by atoms with Crippen molar-refractivity contribution in [2.75, 3.05) is 0 Å². The monoisotopic (exact) mass is 590 g/mol. The van der Waals surface area contributed by atoms with E-state index in [0.717, 1.165) is 71.6 Å². The van der Waals surface area contributed by atoms with E-state index in [2.05, 4.69) is 141 Å². The van der Waals surface area contributed by atoms with Gasteiger partial charge in [0.15, 0.2) is 0 Å². The van der Waals surface area contributed by atoms with Gasteiger partial charge in [-0.05, 0) is 77.1 Å². The summed E-state index contributed by atoms with van der Waals surface area (Å²) in [6.07, 6.45) is 3.55. The SMILES string of the molecule is Cc1cc(C)c(-c2cccc3c2oc2c(-c4cccc(-c5ccc6c(c5)c5ccccc5c5nccnc65)c4)cccc23)c(C)c1. The lowest BCUT2D eigenvalue weighted by Crippen LogP contribution is -1.90. The molecule has 0 N–H and O–H groups in total. The molecule has 218 valence electrons. The Morgan fingerprint density at radius 2 is 1.00 bits per heavy atom. The van der Waals surface area contributed by atoms with E-state index in [1.54, 1.807) is 12.4 Å². The lowest BCUT2D eigenvalue weighted by atomic mass is 9.92. The summed E-state index contributed by atoms with van der Waals surface area (Å²) in [6, 6.07) is 41.5. The van der Waals surface area contributed by atoms with Crippen molar-refractivity contribution < 1.29 is 4.42 Å². The fourth-order valence-electron chi connectivity index (χ4n) is 7.53. The summed E-state index contributed by atoms with van der Waals surface area (Å²) in [4.78, 5) is 9.42. The molecule has 3 nitrogen and oxygen atoms in total. The molecule has 0 saturated carbocycles. The summed E-state index contributed by atoms with van der Waals surface area (Å²) in [5.74, 6) is 0. The summed E-state index contributed by atoms with van der Waals surface area (Å²) in [5.41, 5.74) is 14.5. The van der Waals surface area contributed by atoms with E-state index < -0.39 is 0 Å². The van der Waals surface area contributed by atoms with Gasteiger partial charge in [0, 0.05) is 45.1 Å². The average molecular weight is 591 g/mol. The summed E-state index contributed by atoms with van der Waals surface area (Å²) >= 11 is 0. The first-order valence-electron chi connectivity index (χ1n) is 15.7. The molecule has 46 heavy (non-hydrogen) atoms. The lowest BCUT2D eigenvalue weighted by molar-refractivity contribution is 0.671. The van der Waals surface area contributed by atoms with Crippen LogP contribution in [-0.2, 0) is 0 Å². The standard InChI is InChI=1S/C43H30N2O/c1-25-21-26(2)39(27(3)22-25)37-16-8-15-36-35-14-7-13-31(42(35)46-43(36)37)30-10-6-9-28(23-30)29-17-18-34-38(24-29)32-11-4-5-12-33(32)40-41(34)45-20-19-44-40/h4-24H,1-3H3. The van der Waals surface area contributed by atoms with Crippen LogP contribution >= 0.6 is 0 Å². The van der Waals surface area contributed by atoms with Crippen molar-refractivity contribution >= 4 is 54.5 Å². The molecule has 2 aromatic heterocycles. The Bertz CT molecular complexity index is 2620. The van der Waals surface area contributed by atoms with Gasteiger partial charge in [0.1, 0.15) is 11.2 Å². The van der Waals surface area contributed by atoms with Crippen molar-refractivity contribution in [3.05, 3.63) is 144 Å². The van der Waals surface area contributed by atoms with Crippen molar-refractivity contribution in [2.24, 2.45) is 0 Å². The first kappa shape index (κ1) is 26.6. The number of aryl methyl sites for hydroxylation is 3. The van der Waals surface area contributed by atoms with E-state index >= 15 is 0 Å². The van der Waals surface area contributed by atoms with E-state index in [0.29, 0.717) is 0 Å². The Balaban J connectivity index is 1.22. The number of benzene rings is 7. The van der Waals surface area contributed by atoms with E-state index in [1.165, 1.54) is 33.0 Å². The predicted molar refractivity (Wildman–Crippen MR) is 192 cm³/mol. The van der Waals surface area contributed by atoms with E-state index in [9.17, 15) is 0 Å². The van der Waals surface area contributed by atoms with Crippen LogP contribution in [0.4, 0.5) is 0 Å². The molecule has 0 spiro atoms. The minimum Gasteiger partial charge on any atom is -0.455 e. The number of aromatic nitrogens is 2. The molecule has 0 amide bonds. The third-order valence-electron chi connectivity index (χ3n) is 9.42. The van der Waals surface area contributed by atoms with Gasteiger partial charge in [-0.3, -0.25) is 9.97 Å². The third-order valence-corrected chi connectivity index (χ3v) is 9.42. The van der Waals surface area contributed by atoms with E-state index in [1.807, 2.05) is 0 Å². The number of rotatable bonds is 3. The average Bonchev–Trinajstić information content (AvgIpc) is 3.48. The van der Waals surface area contributed by atoms with Crippen LogP contribution in [0, 0.1) is 20.8 Å². The van der Waals surface area contributed by atoms with Crippen LogP contribution in [0.15, 0.2) is 132 Å². The second kappa shape index (κ2) is 10.1. The molecule has 0 aliphatic carbocycles. The molecule has 0 saturated heterocycles. The fourth-order valence-corrected chi connectivity index (χ4v) is 7.53. The predicted octanol–water partition coefficient (Wildman–Crippen LogP) is 11.8. The van der Waals surface area contributed by atoms with Gasteiger partial charge in [-0.2, -0.15) is 0 Å². The first-order chi connectivity index (χ1) is 22.5. The summed E-state index contributed by atoms with van der Waals surface area (Å²) in [7, 11) is 0. The molecule has 9 rings (SSSR count). The van der Waals surface area contributed by atoms with Crippen molar-refractivity contribution in [3.8, 4) is 33.4 Å². The smallest absolute Gasteiger partial charge is 0.143 e.